The molecule has 0 saturated heterocycles. The van der Waals surface area contributed by atoms with E-state index in [4.69, 9.17) is 11.6 Å². The molecule has 1 N–H and O–H groups in total. The largest absolute Gasteiger partial charge is 0.325 e. The molecule has 0 unspecified atom stereocenters. The lowest BCUT2D eigenvalue weighted by Gasteiger charge is -2.07. The number of carbonyl (C=O) groups is 1. The summed E-state index contributed by atoms with van der Waals surface area (Å²) in [6.45, 7) is 0. The minimum absolute atomic E-state index is 0.390. The number of hydrogen-bond donors (Lipinski definition) is 1. The molecule has 3 aromatic rings. The first-order chi connectivity index (χ1) is 10.7. The lowest BCUT2D eigenvalue weighted by molar-refractivity contribution is -0.116. The Hall–Kier alpha value is -2.42. The standard InChI is InChI=1S/C16H10ClN3OS/c17-10-6-7-14-13(8-10)20-16(22-14)12(9-18)15(21)19-11-4-2-1-3-5-11/h1-8,12H,(H,19,21)/t12-/m0/s1. The second-order valence-electron chi connectivity index (χ2n) is 4.58. The Morgan fingerprint density at radius 1 is 1.27 bits per heavy atom. The highest BCUT2D eigenvalue weighted by atomic mass is 35.5. The third-order valence-electron chi connectivity index (χ3n) is 3.05. The van der Waals surface area contributed by atoms with Gasteiger partial charge >= 0.3 is 0 Å². The van der Waals surface area contributed by atoms with Crippen LogP contribution >= 0.6 is 22.9 Å². The van der Waals surface area contributed by atoms with Crippen LogP contribution in [0.5, 0.6) is 0 Å². The van der Waals surface area contributed by atoms with Gasteiger partial charge in [-0.05, 0) is 30.3 Å². The van der Waals surface area contributed by atoms with Crippen molar-refractivity contribution < 1.29 is 4.79 Å². The van der Waals surface area contributed by atoms with Crippen molar-refractivity contribution in [1.29, 1.82) is 5.26 Å². The Labute approximate surface area is 136 Å². The molecular formula is C16H10ClN3OS. The Morgan fingerprint density at radius 2 is 2.05 bits per heavy atom. The first-order valence-corrected chi connectivity index (χ1v) is 7.68. The van der Waals surface area contributed by atoms with Crippen molar-refractivity contribution in [2.75, 3.05) is 5.32 Å². The summed E-state index contributed by atoms with van der Waals surface area (Å²) in [4.78, 5) is 16.7. The summed E-state index contributed by atoms with van der Waals surface area (Å²) in [6, 6.07) is 16.4. The number of fused-ring (bicyclic) bond motifs is 1. The van der Waals surface area contributed by atoms with Gasteiger partial charge in [-0.1, -0.05) is 29.8 Å². The molecule has 1 heterocycles. The molecule has 0 aliphatic carbocycles. The van der Waals surface area contributed by atoms with E-state index in [1.54, 1.807) is 24.3 Å². The Kier molecular flexibility index (Phi) is 4.05. The van der Waals surface area contributed by atoms with Gasteiger partial charge in [0.05, 0.1) is 16.3 Å². The fraction of sp³-hybridized carbons (Fsp3) is 0.0625. The van der Waals surface area contributed by atoms with Crippen LogP contribution in [0.1, 0.15) is 10.9 Å². The number of aromatic nitrogens is 1. The SMILES string of the molecule is N#C[C@@H](C(=O)Nc1ccccc1)c1nc2cc(Cl)ccc2s1. The number of halogens is 1. The third kappa shape index (κ3) is 2.93. The van der Waals surface area contributed by atoms with Gasteiger partial charge in [-0.2, -0.15) is 5.26 Å². The number of hydrogen-bond acceptors (Lipinski definition) is 4. The fourth-order valence-electron chi connectivity index (χ4n) is 2.00. The first kappa shape index (κ1) is 14.5. The van der Waals surface area contributed by atoms with E-state index in [-0.39, 0.29) is 5.91 Å². The first-order valence-electron chi connectivity index (χ1n) is 6.49. The summed E-state index contributed by atoms with van der Waals surface area (Å²) in [7, 11) is 0. The predicted molar refractivity (Wildman–Crippen MR) is 88.1 cm³/mol. The molecule has 0 aliphatic rings. The molecule has 108 valence electrons. The maximum atomic E-state index is 12.3. The Morgan fingerprint density at radius 3 is 2.77 bits per heavy atom. The van der Waals surface area contributed by atoms with Crippen molar-refractivity contribution in [2.45, 2.75) is 5.92 Å². The highest BCUT2D eigenvalue weighted by molar-refractivity contribution is 7.18. The van der Waals surface area contributed by atoms with Crippen LogP contribution in [0.3, 0.4) is 0 Å². The van der Waals surface area contributed by atoms with Crippen LogP contribution in [-0.4, -0.2) is 10.9 Å². The fourth-order valence-corrected chi connectivity index (χ4v) is 3.16. The second kappa shape index (κ2) is 6.14. The molecule has 2 aromatic carbocycles. The number of benzene rings is 2. The minimum atomic E-state index is -0.948. The van der Waals surface area contributed by atoms with Crippen molar-refractivity contribution >= 4 is 44.7 Å². The van der Waals surface area contributed by atoms with Crippen molar-refractivity contribution in [3.05, 3.63) is 58.6 Å². The van der Waals surface area contributed by atoms with Crippen LogP contribution in [0.2, 0.25) is 5.02 Å². The lowest BCUT2D eigenvalue weighted by Crippen LogP contribution is -2.19. The molecule has 0 spiro atoms. The molecule has 0 aliphatic heterocycles. The van der Waals surface area contributed by atoms with Gasteiger partial charge in [-0.25, -0.2) is 4.98 Å². The summed E-state index contributed by atoms with van der Waals surface area (Å²) in [5.41, 5.74) is 1.34. The molecule has 3 rings (SSSR count). The van der Waals surface area contributed by atoms with E-state index < -0.39 is 5.92 Å². The van der Waals surface area contributed by atoms with Gasteiger partial charge in [-0.3, -0.25) is 4.79 Å². The molecule has 6 heteroatoms. The molecule has 1 aromatic heterocycles. The summed E-state index contributed by atoms with van der Waals surface area (Å²) in [5.74, 6) is -1.34. The van der Waals surface area contributed by atoms with Crippen LogP contribution in [0.25, 0.3) is 10.2 Å². The molecule has 1 amide bonds. The van der Waals surface area contributed by atoms with Gasteiger partial charge in [0.25, 0.3) is 0 Å². The van der Waals surface area contributed by atoms with E-state index in [0.717, 1.165) is 4.70 Å². The van der Waals surface area contributed by atoms with E-state index in [1.807, 2.05) is 30.3 Å². The van der Waals surface area contributed by atoms with E-state index in [0.29, 0.717) is 21.2 Å². The number of amides is 1. The average molecular weight is 328 g/mol. The van der Waals surface area contributed by atoms with Crippen molar-refractivity contribution in [2.24, 2.45) is 0 Å². The van der Waals surface area contributed by atoms with Crippen molar-refractivity contribution in [3.8, 4) is 6.07 Å². The van der Waals surface area contributed by atoms with Gasteiger partial charge < -0.3 is 5.32 Å². The predicted octanol–water partition coefficient (Wildman–Crippen LogP) is 4.20. The normalized spacial score (nSPS) is 11.8. The Bertz CT molecular complexity index is 870. The maximum Gasteiger partial charge on any atom is 0.248 e. The summed E-state index contributed by atoms with van der Waals surface area (Å²) >= 11 is 7.26. The van der Waals surface area contributed by atoms with E-state index >= 15 is 0 Å². The zero-order valence-electron chi connectivity index (χ0n) is 11.3. The Balaban J connectivity index is 1.89. The molecule has 4 nitrogen and oxygen atoms in total. The molecule has 0 radical (unpaired) electrons. The van der Waals surface area contributed by atoms with Gasteiger partial charge in [0.1, 0.15) is 5.01 Å². The van der Waals surface area contributed by atoms with Crippen molar-refractivity contribution in [3.63, 3.8) is 0 Å². The summed E-state index contributed by atoms with van der Waals surface area (Å²) in [6.07, 6.45) is 0. The van der Waals surface area contributed by atoms with Crippen molar-refractivity contribution in [1.82, 2.24) is 4.98 Å². The highest BCUT2D eigenvalue weighted by Gasteiger charge is 2.24. The summed E-state index contributed by atoms with van der Waals surface area (Å²) in [5, 5.41) is 13.1. The lowest BCUT2D eigenvalue weighted by atomic mass is 10.1. The minimum Gasteiger partial charge on any atom is -0.325 e. The molecule has 0 bridgehead atoms. The number of nitrogens with zero attached hydrogens (tertiary/aromatic N) is 2. The van der Waals surface area contributed by atoms with Crippen LogP contribution in [0, 0.1) is 11.3 Å². The average Bonchev–Trinajstić information content (AvgIpc) is 2.91. The number of carbonyl (C=O) groups excluding carboxylic acids is 1. The quantitative estimate of drug-likeness (QED) is 0.784. The number of para-hydroxylation sites is 1. The van der Waals surface area contributed by atoms with Crippen LogP contribution in [0.4, 0.5) is 5.69 Å². The number of thiazole rings is 1. The topological polar surface area (TPSA) is 65.8 Å². The highest BCUT2D eigenvalue weighted by Crippen LogP contribution is 2.29. The number of anilines is 1. The number of nitriles is 1. The van der Waals surface area contributed by atoms with E-state index in [2.05, 4.69) is 10.3 Å². The zero-order valence-corrected chi connectivity index (χ0v) is 12.9. The molecule has 1 atom stereocenters. The molecule has 0 fully saturated rings. The van der Waals surface area contributed by atoms with Gasteiger partial charge in [-0.15, -0.1) is 11.3 Å². The van der Waals surface area contributed by atoms with E-state index in [9.17, 15) is 10.1 Å². The third-order valence-corrected chi connectivity index (χ3v) is 4.38. The van der Waals surface area contributed by atoms with Gasteiger partial charge in [0.2, 0.25) is 5.91 Å². The van der Waals surface area contributed by atoms with Gasteiger partial charge in [0, 0.05) is 10.7 Å². The van der Waals surface area contributed by atoms with Crippen LogP contribution in [-0.2, 0) is 4.79 Å². The van der Waals surface area contributed by atoms with Crippen LogP contribution in [0.15, 0.2) is 48.5 Å². The number of rotatable bonds is 3. The molecular weight excluding hydrogens is 318 g/mol. The van der Waals surface area contributed by atoms with Crippen LogP contribution < -0.4 is 5.32 Å². The van der Waals surface area contributed by atoms with Gasteiger partial charge in [0.15, 0.2) is 5.92 Å². The molecule has 22 heavy (non-hydrogen) atoms. The zero-order chi connectivity index (χ0) is 15.5. The summed E-state index contributed by atoms with van der Waals surface area (Å²) < 4.78 is 0.896. The molecule has 0 saturated carbocycles. The second-order valence-corrected chi connectivity index (χ2v) is 6.08. The van der Waals surface area contributed by atoms with E-state index in [1.165, 1.54) is 11.3 Å². The maximum absolute atomic E-state index is 12.3. The monoisotopic (exact) mass is 327 g/mol. The smallest absolute Gasteiger partial charge is 0.248 e. The number of nitrogens with one attached hydrogen (secondary N) is 1.